The Morgan fingerprint density at radius 1 is 0.778 bits per heavy atom. The standard InChI is InChI=1S/C38H31BrClF2N9O3/c1-21-5-6-28(24-16-23(39)17-25(40)34(24)52)47-33(21)36-45-19-27(42)38(49-36)51-11-14-54-32(20-51)22-7-8-43-31(15-22)29-3-2-4-30(46-29)35-44-18-26(41)37(48-35)50-9-12-53-13-10-50/h2-8,15-19,32,52H,9-14,20H2,1H3. The minimum atomic E-state index is -0.583. The highest BCUT2D eigenvalue weighted by Gasteiger charge is 2.27. The number of aromatic nitrogens is 7. The summed E-state index contributed by atoms with van der Waals surface area (Å²) in [7, 11) is 0. The van der Waals surface area contributed by atoms with Crippen LogP contribution in [-0.2, 0) is 9.47 Å². The Labute approximate surface area is 322 Å². The molecule has 2 saturated heterocycles. The van der Waals surface area contributed by atoms with Crippen LogP contribution in [-0.4, -0.2) is 86.0 Å². The highest BCUT2D eigenvalue weighted by molar-refractivity contribution is 9.10. The van der Waals surface area contributed by atoms with Gasteiger partial charge in [-0.05, 0) is 60.5 Å². The molecule has 12 nitrogen and oxygen atoms in total. The lowest BCUT2D eigenvalue weighted by molar-refractivity contribution is 0.0392. The molecule has 1 atom stereocenters. The molecule has 0 radical (unpaired) electrons. The van der Waals surface area contributed by atoms with Crippen molar-refractivity contribution in [2.45, 2.75) is 13.0 Å². The molecule has 5 aromatic heterocycles. The van der Waals surface area contributed by atoms with Crippen LogP contribution in [0.2, 0.25) is 5.02 Å². The molecule has 1 aromatic carbocycles. The number of halogens is 4. The number of anilines is 2. The molecule has 1 N–H and O–H groups in total. The molecule has 0 spiro atoms. The van der Waals surface area contributed by atoms with Gasteiger partial charge in [0.15, 0.2) is 34.9 Å². The second kappa shape index (κ2) is 15.3. The quantitative estimate of drug-likeness (QED) is 0.174. The molecule has 2 aliphatic heterocycles. The molecule has 1 unspecified atom stereocenters. The first-order chi connectivity index (χ1) is 26.2. The number of phenolic OH excluding ortho intramolecular Hbond substituents is 1. The first-order valence-electron chi connectivity index (χ1n) is 17.1. The van der Waals surface area contributed by atoms with Crippen molar-refractivity contribution in [2.75, 3.05) is 55.8 Å². The predicted octanol–water partition coefficient (Wildman–Crippen LogP) is 7.24. The van der Waals surface area contributed by atoms with E-state index in [4.69, 9.17) is 31.0 Å². The van der Waals surface area contributed by atoms with Crippen LogP contribution in [0, 0.1) is 18.6 Å². The summed E-state index contributed by atoms with van der Waals surface area (Å²) < 4.78 is 42.4. The zero-order valence-corrected chi connectivity index (χ0v) is 31.1. The van der Waals surface area contributed by atoms with Crippen LogP contribution < -0.4 is 9.80 Å². The third-order valence-electron chi connectivity index (χ3n) is 9.14. The van der Waals surface area contributed by atoms with Gasteiger partial charge in [-0.25, -0.2) is 38.7 Å². The van der Waals surface area contributed by atoms with Gasteiger partial charge in [-0.1, -0.05) is 39.7 Å². The monoisotopic (exact) mass is 813 g/mol. The second-order valence-corrected chi connectivity index (χ2v) is 14.0. The van der Waals surface area contributed by atoms with Gasteiger partial charge in [0.25, 0.3) is 0 Å². The van der Waals surface area contributed by atoms with Crippen molar-refractivity contribution in [1.29, 1.82) is 0 Å². The average molecular weight is 815 g/mol. The smallest absolute Gasteiger partial charge is 0.183 e. The Bertz CT molecular complexity index is 2370. The average Bonchev–Trinajstić information content (AvgIpc) is 3.20. The van der Waals surface area contributed by atoms with Gasteiger partial charge in [-0.3, -0.25) is 4.98 Å². The minimum Gasteiger partial charge on any atom is -0.506 e. The van der Waals surface area contributed by atoms with Crippen LogP contribution in [0.3, 0.4) is 0 Å². The van der Waals surface area contributed by atoms with E-state index in [1.165, 1.54) is 0 Å². The maximum atomic E-state index is 15.5. The summed E-state index contributed by atoms with van der Waals surface area (Å²) in [6.45, 7) is 4.92. The number of hydrogen-bond acceptors (Lipinski definition) is 12. The second-order valence-electron chi connectivity index (χ2n) is 12.7. The van der Waals surface area contributed by atoms with Crippen LogP contribution in [0.1, 0.15) is 17.2 Å². The van der Waals surface area contributed by atoms with Gasteiger partial charge in [-0.15, -0.1) is 0 Å². The molecule has 2 fully saturated rings. The van der Waals surface area contributed by atoms with Crippen LogP contribution in [0.4, 0.5) is 20.4 Å². The number of nitrogens with zero attached hydrogens (tertiary/aromatic N) is 9. The number of rotatable bonds is 7. The molecule has 16 heteroatoms. The highest BCUT2D eigenvalue weighted by Crippen LogP contribution is 2.38. The number of ether oxygens (including phenoxy) is 2. The Morgan fingerprint density at radius 2 is 1.50 bits per heavy atom. The van der Waals surface area contributed by atoms with E-state index in [0.29, 0.717) is 90.3 Å². The molecule has 0 aliphatic carbocycles. The molecule has 7 heterocycles. The molecule has 2 aliphatic rings. The first-order valence-corrected chi connectivity index (χ1v) is 18.2. The van der Waals surface area contributed by atoms with Crippen molar-refractivity contribution in [3.8, 4) is 51.4 Å². The third kappa shape index (κ3) is 7.31. The van der Waals surface area contributed by atoms with Crippen molar-refractivity contribution in [3.63, 3.8) is 0 Å². The summed E-state index contributed by atoms with van der Waals surface area (Å²) in [5.41, 5.74) is 4.52. The Hall–Kier alpha value is -5.22. The Kier molecular flexibility index (Phi) is 10.1. The molecule has 0 saturated carbocycles. The fraction of sp³-hybridized carbons (Fsp3) is 0.237. The van der Waals surface area contributed by atoms with E-state index in [2.05, 4.69) is 40.8 Å². The fourth-order valence-corrected chi connectivity index (χ4v) is 7.18. The van der Waals surface area contributed by atoms with E-state index in [1.807, 2.05) is 47.1 Å². The summed E-state index contributed by atoms with van der Waals surface area (Å²) in [5, 5.41) is 10.8. The molecular weight excluding hydrogens is 784 g/mol. The zero-order valence-electron chi connectivity index (χ0n) is 28.8. The van der Waals surface area contributed by atoms with Gasteiger partial charge >= 0.3 is 0 Å². The van der Waals surface area contributed by atoms with Gasteiger partial charge in [0.05, 0.1) is 54.3 Å². The van der Waals surface area contributed by atoms with Crippen molar-refractivity contribution in [3.05, 3.63) is 105 Å². The lowest BCUT2D eigenvalue weighted by atomic mass is 10.1. The van der Waals surface area contributed by atoms with Crippen molar-refractivity contribution in [2.24, 2.45) is 0 Å². The van der Waals surface area contributed by atoms with Crippen LogP contribution in [0.15, 0.2) is 77.7 Å². The van der Waals surface area contributed by atoms with E-state index in [-0.39, 0.29) is 28.2 Å². The largest absolute Gasteiger partial charge is 0.506 e. The number of benzene rings is 1. The van der Waals surface area contributed by atoms with E-state index >= 15 is 4.39 Å². The minimum absolute atomic E-state index is 0.107. The van der Waals surface area contributed by atoms with E-state index in [9.17, 15) is 9.50 Å². The van der Waals surface area contributed by atoms with Gasteiger partial charge in [-0.2, -0.15) is 0 Å². The summed E-state index contributed by atoms with van der Waals surface area (Å²) in [5.74, 6) is -0.336. The summed E-state index contributed by atoms with van der Waals surface area (Å²) in [4.78, 5) is 35.4. The number of aromatic hydroxyl groups is 1. The molecule has 274 valence electrons. The van der Waals surface area contributed by atoms with Gasteiger partial charge in [0, 0.05) is 42.4 Å². The molecule has 6 aromatic rings. The highest BCUT2D eigenvalue weighted by atomic mass is 79.9. The first kappa shape index (κ1) is 35.8. The van der Waals surface area contributed by atoms with Crippen LogP contribution in [0.25, 0.3) is 45.7 Å². The van der Waals surface area contributed by atoms with Crippen LogP contribution >= 0.6 is 27.5 Å². The number of phenols is 1. The maximum Gasteiger partial charge on any atom is 0.183 e. The van der Waals surface area contributed by atoms with Gasteiger partial charge in [0.1, 0.15) is 23.2 Å². The summed E-state index contributed by atoms with van der Waals surface area (Å²) in [6.07, 6.45) is 3.54. The lowest BCUT2D eigenvalue weighted by Crippen LogP contribution is -2.39. The van der Waals surface area contributed by atoms with Crippen molar-refractivity contribution >= 4 is 39.2 Å². The predicted molar refractivity (Wildman–Crippen MR) is 202 cm³/mol. The molecular formula is C38H31BrClF2N9O3. The molecule has 0 bridgehead atoms. The normalized spacial score (nSPS) is 16.1. The van der Waals surface area contributed by atoms with E-state index < -0.39 is 17.7 Å². The molecule has 0 amide bonds. The topological polar surface area (TPSA) is 135 Å². The molecule has 8 rings (SSSR count). The maximum absolute atomic E-state index is 15.5. The number of pyridine rings is 3. The van der Waals surface area contributed by atoms with E-state index in [1.54, 1.807) is 30.5 Å². The number of aryl methyl sites for hydroxylation is 1. The van der Waals surface area contributed by atoms with Gasteiger partial charge < -0.3 is 24.4 Å². The summed E-state index contributed by atoms with van der Waals surface area (Å²) >= 11 is 9.64. The van der Waals surface area contributed by atoms with Crippen LogP contribution in [0.5, 0.6) is 5.75 Å². The lowest BCUT2D eigenvalue weighted by Gasteiger charge is -2.34. The number of hydrogen-bond donors (Lipinski definition) is 1. The third-order valence-corrected chi connectivity index (χ3v) is 9.88. The van der Waals surface area contributed by atoms with Gasteiger partial charge in [0.2, 0.25) is 0 Å². The number of morpholine rings is 2. The molecule has 54 heavy (non-hydrogen) atoms. The fourth-order valence-electron chi connectivity index (χ4n) is 6.37. The Balaban J connectivity index is 1.04. The zero-order chi connectivity index (χ0) is 37.3. The van der Waals surface area contributed by atoms with Crippen molar-refractivity contribution in [1.82, 2.24) is 34.9 Å². The van der Waals surface area contributed by atoms with E-state index in [0.717, 1.165) is 23.5 Å². The Morgan fingerprint density at radius 3 is 2.31 bits per heavy atom. The summed E-state index contributed by atoms with van der Waals surface area (Å²) in [6, 6.07) is 16.1. The van der Waals surface area contributed by atoms with Crippen molar-refractivity contribution < 1.29 is 23.4 Å². The SMILES string of the molecule is Cc1ccc(-c2cc(Br)cc(Cl)c2O)nc1-c1ncc(F)c(N2CCOC(c3ccnc(-c4cccc(-c5ncc(F)c(N6CCOCC6)n5)n4)c3)C2)n1.